The van der Waals surface area contributed by atoms with Gasteiger partial charge in [-0.2, -0.15) is 11.8 Å². The molecule has 8 heteroatoms. The number of hydrogen-bond acceptors (Lipinski definition) is 5. The van der Waals surface area contributed by atoms with Gasteiger partial charge in [-0.05, 0) is 34.4 Å². The van der Waals surface area contributed by atoms with Gasteiger partial charge in [0.25, 0.3) is 0 Å². The summed E-state index contributed by atoms with van der Waals surface area (Å²) in [6.45, 7) is 2.55. The molecule has 2 N–H and O–H groups in total. The normalized spacial score (nSPS) is 13.0. The van der Waals surface area contributed by atoms with E-state index < -0.39 is 12.1 Å². The summed E-state index contributed by atoms with van der Waals surface area (Å²) >= 11 is 1.56. The van der Waals surface area contributed by atoms with Gasteiger partial charge in [0.1, 0.15) is 13.2 Å². The number of rotatable bonds is 12. The number of nitrogens with one attached hydrogen (secondary N) is 1. The molecule has 0 radical (unpaired) electrons. The van der Waals surface area contributed by atoms with Crippen molar-refractivity contribution in [3.63, 3.8) is 0 Å². The lowest BCUT2D eigenvalue weighted by molar-refractivity contribution is -0.144. The number of aliphatic carboxylic acids is 1. The number of ether oxygens (including phenoxy) is 1. The summed E-state index contributed by atoms with van der Waals surface area (Å²) in [4.78, 5) is 37.6. The second-order valence-electron chi connectivity index (χ2n) is 8.39. The minimum Gasteiger partial charge on any atom is -0.480 e. The Balaban J connectivity index is 1.52. The van der Waals surface area contributed by atoms with Crippen LogP contribution in [-0.2, 0) is 14.3 Å². The van der Waals surface area contributed by atoms with Crippen LogP contribution in [0.25, 0.3) is 11.1 Å². The molecule has 0 spiro atoms. The molecule has 1 atom stereocenters. The van der Waals surface area contributed by atoms with Gasteiger partial charge in [0.15, 0.2) is 0 Å². The molecular formula is C26H32N2O5S. The standard InChI is InChI=1S/C26H32N2O5S/c1-3-18(14-24(29)28(12-13-34-2)16-25(30)31)15-27-26(32)33-17-23-21-10-6-4-8-19(21)20-9-5-7-11-22(20)23/h4-11,18,23H,3,12-17H2,1-2H3,(H,27,32)(H,30,31). The summed E-state index contributed by atoms with van der Waals surface area (Å²) in [6.07, 6.45) is 2.26. The topological polar surface area (TPSA) is 95.9 Å². The number of nitrogens with zero attached hydrogens (tertiary/aromatic N) is 1. The smallest absolute Gasteiger partial charge is 0.407 e. The third-order valence-corrected chi connectivity index (χ3v) is 6.75. The number of alkyl carbamates (subject to hydrolysis) is 1. The van der Waals surface area contributed by atoms with Gasteiger partial charge in [0.05, 0.1) is 0 Å². The Bertz CT molecular complexity index is 967. The van der Waals surface area contributed by atoms with E-state index >= 15 is 0 Å². The molecule has 2 aromatic carbocycles. The first-order valence-corrected chi connectivity index (χ1v) is 12.9. The van der Waals surface area contributed by atoms with Crippen molar-refractivity contribution in [2.24, 2.45) is 5.92 Å². The van der Waals surface area contributed by atoms with Crippen molar-refractivity contribution >= 4 is 29.7 Å². The first kappa shape index (κ1) is 25.6. The Morgan fingerprint density at radius 1 is 1.09 bits per heavy atom. The van der Waals surface area contributed by atoms with E-state index in [0.717, 1.165) is 11.1 Å². The fraction of sp³-hybridized carbons (Fsp3) is 0.423. The van der Waals surface area contributed by atoms with Crippen LogP contribution in [0, 0.1) is 5.92 Å². The number of fused-ring (bicyclic) bond motifs is 3. The maximum absolute atomic E-state index is 12.6. The Morgan fingerprint density at radius 2 is 1.71 bits per heavy atom. The van der Waals surface area contributed by atoms with Crippen LogP contribution in [-0.4, -0.2) is 66.2 Å². The quantitative estimate of drug-likeness (QED) is 0.468. The highest BCUT2D eigenvalue weighted by atomic mass is 32.2. The lowest BCUT2D eigenvalue weighted by Gasteiger charge is -2.23. The minimum absolute atomic E-state index is 0.0114. The molecule has 34 heavy (non-hydrogen) atoms. The average molecular weight is 485 g/mol. The summed E-state index contributed by atoms with van der Waals surface area (Å²) in [5.74, 6) is -0.675. The molecule has 0 aliphatic heterocycles. The van der Waals surface area contributed by atoms with Crippen molar-refractivity contribution < 1.29 is 24.2 Å². The number of thioether (sulfide) groups is 1. The van der Waals surface area contributed by atoms with Crippen molar-refractivity contribution in [3.8, 4) is 11.1 Å². The van der Waals surface area contributed by atoms with Crippen molar-refractivity contribution in [1.29, 1.82) is 0 Å². The van der Waals surface area contributed by atoms with Gasteiger partial charge in [0.2, 0.25) is 5.91 Å². The maximum atomic E-state index is 12.6. The van der Waals surface area contributed by atoms with Crippen molar-refractivity contribution in [1.82, 2.24) is 10.2 Å². The lowest BCUT2D eigenvalue weighted by atomic mass is 9.98. The Kier molecular flexibility index (Phi) is 9.39. The summed E-state index contributed by atoms with van der Waals surface area (Å²) in [5, 5.41) is 11.9. The summed E-state index contributed by atoms with van der Waals surface area (Å²) in [6, 6.07) is 16.3. The number of carbonyl (C=O) groups excluding carboxylic acids is 2. The summed E-state index contributed by atoms with van der Waals surface area (Å²) in [5.41, 5.74) is 4.64. The highest BCUT2D eigenvalue weighted by molar-refractivity contribution is 7.98. The van der Waals surface area contributed by atoms with Crippen molar-refractivity contribution in [2.45, 2.75) is 25.7 Å². The van der Waals surface area contributed by atoms with E-state index in [-0.39, 0.29) is 37.3 Å². The van der Waals surface area contributed by atoms with Crippen LogP contribution in [0.5, 0.6) is 0 Å². The van der Waals surface area contributed by atoms with E-state index in [0.29, 0.717) is 25.3 Å². The van der Waals surface area contributed by atoms with E-state index in [4.69, 9.17) is 9.84 Å². The van der Waals surface area contributed by atoms with Crippen LogP contribution in [0.4, 0.5) is 4.79 Å². The van der Waals surface area contributed by atoms with E-state index in [9.17, 15) is 14.4 Å². The summed E-state index contributed by atoms with van der Waals surface area (Å²) in [7, 11) is 0. The first-order chi connectivity index (χ1) is 16.4. The molecule has 0 saturated heterocycles. The predicted octanol–water partition coefficient (Wildman–Crippen LogP) is 4.22. The molecule has 0 aromatic heterocycles. The van der Waals surface area contributed by atoms with E-state index in [1.807, 2.05) is 37.4 Å². The molecule has 2 aromatic rings. The molecule has 0 saturated carbocycles. The molecular weight excluding hydrogens is 452 g/mol. The molecule has 182 valence electrons. The molecule has 0 fully saturated rings. The second-order valence-corrected chi connectivity index (χ2v) is 9.37. The molecule has 7 nitrogen and oxygen atoms in total. The fourth-order valence-electron chi connectivity index (χ4n) is 4.27. The highest BCUT2D eigenvalue weighted by Crippen LogP contribution is 2.44. The number of amides is 2. The Morgan fingerprint density at radius 3 is 2.26 bits per heavy atom. The van der Waals surface area contributed by atoms with Crippen LogP contribution in [0.3, 0.4) is 0 Å². The van der Waals surface area contributed by atoms with Crippen LogP contribution in [0.2, 0.25) is 0 Å². The SMILES string of the molecule is CCC(CNC(=O)OCC1c2ccccc2-c2ccccc21)CC(=O)N(CCSC)CC(=O)O. The predicted molar refractivity (Wildman–Crippen MR) is 134 cm³/mol. The molecule has 1 aliphatic rings. The van der Waals surface area contributed by atoms with Crippen LogP contribution in [0.15, 0.2) is 48.5 Å². The van der Waals surface area contributed by atoms with Gasteiger partial charge in [0, 0.05) is 31.2 Å². The van der Waals surface area contributed by atoms with Crippen LogP contribution < -0.4 is 5.32 Å². The number of benzene rings is 2. The number of carboxylic acid groups (broad SMARTS) is 1. The minimum atomic E-state index is -1.03. The summed E-state index contributed by atoms with van der Waals surface area (Å²) < 4.78 is 5.57. The van der Waals surface area contributed by atoms with Gasteiger partial charge >= 0.3 is 12.1 Å². The lowest BCUT2D eigenvalue weighted by Crippen LogP contribution is -2.39. The Hall–Kier alpha value is -3.00. The third kappa shape index (κ3) is 6.53. The number of carbonyl (C=O) groups is 3. The molecule has 1 unspecified atom stereocenters. The molecule has 2 amide bonds. The van der Waals surface area contributed by atoms with E-state index in [1.54, 1.807) is 11.8 Å². The van der Waals surface area contributed by atoms with E-state index in [1.165, 1.54) is 16.0 Å². The van der Waals surface area contributed by atoms with Crippen molar-refractivity contribution in [3.05, 3.63) is 59.7 Å². The van der Waals surface area contributed by atoms with Gasteiger partial charge < -0.3 is 20.1 Å². The fourth-order valence-corrected chi connectivity index (χ4v) is 4.67. The van der Waals surface area contributed by atoms with Crippen molar-refractivity contribution in [2.75, 3.05) is 38.2 Å². The zero-order valence-electron chi connectivity index (χ0n) is 19.7. The van der Waals surface area contributed by atoms with Gasteiger partial charge in [-0.25, -0.2) is 4.79 Å². The average Bonchev–Trinajstić information content (AvgIpc) is 3.16. The molecule has 3 rings (SSSR count). The molecule has 0 bridgehead atoms. The van der Waals surface area contributed by atoms with Crippen LogP contribution in [0.1, 0.15) is 36.8 Å². The van der Waals surface area contributed by atoms with Crippen LogP contribution >= 0.6 is 11.8 Å². The zero-order valence-corrected chi connectivity index (χ0v) is 20.5. The largest absolute Gasteiger partial charge is 0.480 e. The van der Waals surface area contributed by atoms with Gasteiger partial charge in [-0.3, -0.25) is 9.59 Å². The first-order valence-electron chi connectivity index (χ1n) is 11.5. The maximum Gasteiger partial charge on any atom is 0.407 e. The number of hydrogen-bond donors (Lipinski definition) is 2. The van der Waals surface area contributed by atoms with Gasteiger partial charge in [-0.1, -0.05) is 61.9 Å². The second kappa shape index (κ2) is 12.5. The molecule has 0 heterocycles. The Labute approximate surface area is 204 Å². The molecule has 1 aliphatic carbocycles. The van der Waals surface area contributed by atoms with Gasteiger partial charge in [-0.15, -0.1) is 0 Å². The highest BCUT2D eigenvalue weighted by Gasteiger charge is 2.29. The zero-order chi connectivity index (χ0) is 24.5. The number of carboxylic acids is 1. The van der Waals surface area contributed by atoms with E-state index in [2.05, 4.69) is 29.6 Å². The monoisotopic (exact) mass is 484 g/mol. The third-order valence-electron chi connectivity index (χ3n) is 6.16.